The van der Waals surface area contributed by atoms with E-state index in [1.54, 1.807) is 23.5 Å². The normalized spacial score (nSPS) is 13.5. The van der Waals surface area contributed by atoms with Crippen LogP contribution in [0.25, 0.3) is 11.3 Å². The number of hydrogen-bond acceptors (Lipinski definition) is 7. The number of carbonyl (C=O) groups excluding carboxylic acids is 1. The van der Waals surface area contributed by atoms with Crippen LogP contribution in [0.4, 0.5) is 10.5 Å². The minimum atomic E-state index is -2.37. The molecular weight excluding hydrogens is 442 g/mol. The van der Waals surface area contributed by atoms with Crippen LogP contribution in [0.3, 0.4) is 0 Å². The fourth-order valence-corrected chi connectivity index (χ4v) is 4.54. The lowest BCUT2D eigenvalue weighted by atomic mass is 10.1. The zero-order chi connectivity index (χ0) is 21.7. The molecule has 30 heavy (non-hydrogen) atoms. The number of aromatic nitrogens is 1. The number of rotatable bonds is 7. The van der Waals surface area contributed by atoms with Crippen LogP contribution in [-0.4, -0.2) is 25.4 Å². The van der Waals surface area contributed by atoms with Crippen LogP contribution in [0.2, 0.25) is 0 Å². The van der Waals surface area contributed by atoms with E-state index in [0.29, 0.717) is 12.1 Å². The number of nitrogens with one attached hydrogen (secondary N) is 2. The van der Waals surface area contributed by atoms with Crippen molar-refractivity contribution in [3.8, 4) is 11.3 Å². The predicted molar refractivity (Wildman–Crippen MR) is 120 cm³/mol. The summed E-state index contributed by atoms with van der Waals surface area (Å²) in [7, 11) is 0. The summed E-state index contributed by atoms with van der Waals surface area (Å²) in [6.07, 6.45) is -0.0313. The maximum atomic E-state index is 12.4. The number of alkyl carbamates (subject to hydrolysis) is 1. The molecule has 1 unspecified atom stereocenters. The number of hydrogen-bond donors (Lipinski definition) is 2. The average Bonchev–Trinajstić information content (AvgIpc) is 3.32. The smallest absolute Gasteiger partial charge is 0.408 e. The Morgan fingerprint density at radius 3 is 2.57 bits per heavy atom. The fraction of sp³-hybridized carbons (Fsp3) is 0.300. The second-order valence-corrected chi connectivity index (χ2v) is 9.86. The average molecular weight is 465 g/mol. The molecule has 7 nitrogen and oxygen atoms in total. The van der Waals surface area contributed by atoms with E-state index >= 15 is 0 Å². The van der Waals surface area contributed by atoms with E-state index < -0.39 is 23.0 Å². The molecule has 0 bridgehead atoms. The monoisotopic (exact) mass is 464 g/mol. The number of thiazole rings is 1. The van der Waals surface area contributed by atoms with Crippen LogP contribution in [0, 0.1) is 0 Å². The van der Waals surface area contributed by atoms with E-state index in [-0.39, 0.29) is 6.04 Å². The highest BCUT2D eigenvalue weighted by Gasteiger charge is 2.23. The molecule has 1 aromatic carbocycles. The summed E-state index contributed by atoms with van der Waals surface area (Å²) >= 11 is 0.704. The molecule has 3 rings (SSSR count). The lowest BCUT2D eigenvalue weighted by molar-refractivity contribution is 0.0503. The van der Waals surface area contributed by atoms with Gasteiger partial charge in [0.15, 0.2) is 0 Å². The zero-order valence-electron chi connectivity index (χ0n) is 16.7. The highest BCUT2D eigenvalue weighted by molar-refractivity contribution is 7.80. The minimum absolute atomic E-state index is 0.385. The third kappa shape index (κ3) is 6.63. The van der Waals surface area contributed by atoms with E-state index in [2.05, 4.69) is 10.0 Å². The summed E-state index contributed by atoms with van der Waals surface area (Å²) in [6.45, 7) is 5.43. The fourth-order valence-electron chi connectivity index (χ4n) is 2.68. The summed E-state index contributed by atoms with van der Waals surface area (Å²) < 4.78 is 29.3. The molecule has 2 aromatic heterocycles. The van der Waals surface area contributed by atoms with E-state index in [1.807, 2.05) is 55.1 Å². The predicted octanol–water partition coefficient (Wildman–Crippen LogP) is 4.89. The Morgan fingerprint density at radius 2 is 1.97 bits per heavy atom. The highest BCUT2D eigenvalue weighted by Crippen LogP contribution is 2.29. The molecular formula is C20H22N3O4S3-. The summed E-state index contributed by atoms with van der Waals surface area (Å²) in [6, 6.07) is 8.59. The van der Waals surface area contributed by atoms with Gasteiger partial charge >= 0.3 is 6.09 Å². The lowest BCUT2D eigenvalue weighted by Crippen LogP contribution is -2.35. The Morgan fingerprint density at radius 1 is 1.23 bits per heavy atom. The molecule has 1 amide bonds. The van der Waals surface area contributed by atoms with Crippen molar-refractivity contribution in [1.82, 2.24) is 10.3 Å². The van der Waals surface area contributed by atoms with Crippen LogP contribution in [0.15, 0.2) is 46.5 Å². The van der Waals surface area contributed by atoms with E-state index in [9.17, 15) is 13.6 Å². The molecule has 0 aliphatic carbocycles. The van der Waals surface area contributed by atoms with Crippen molar-refractivity contribution in [3.63, 3.8) is 0 Å². The lowest BCUT2D eigenvalue weighted by Gasteiger charge is -2.23. The Balaban J connectivity index is 1.80. The summed E-state index contributed by atoms with van der Waals surface area (Å²) in [5.41, 5.74) is 2.69. The molecule has 0 fully saturated rings. The molecule has 2 N–H and O–H groups in total. The molecule has 0 saturated carbocycles. The Hall–Kier alpha value is -2.27. The summed E-state index contributed by atoms with van der Waals surface area (Å²) in [5.74, 6) is 0. The number of nitrogens with zero attached hydrogens (tertiary/aromatic N) is 1. The van der Waals surface area contributed by atoms with Gasteiger partial charge in [-0.05, 0) is 56.3 Å². The van der Waals surface area contributed by atoms with Gasteiger partial charge in [0.1, 0.15) is 10.6 Å². The first-order valence-corrected chi connectivity index (χ1v) is 12.0. The third-order valence-electron chi connectivity index (χ3n) is 3.92. The van der Waals surface area contributed by atoms with E-state index in [0.717, 1.165) is 21.8 Å². The minimum Gasteiger partial charge on any atom is -0.755 e. The second-order valence-electron chi connectivity index (χ2n) is 7.52. The Bertz CT molecular complexity index is 995. The van der Waals surface area contributed by atoms with Crippen molar-refractivity contribution < 1.29 is 18.3 Å². The maximum absolute atomic E-state index is 12.4. The molecule has 160 valence electrons. The van der Waals surface area contributed by atoms with Gasteiger partial charge in [-0.2, -0.15) is 11.3 Å². The molecule has 2 atom stereocenters. The SMILES string of the molecule is CC(C)(C)OC(=O)N[C@@H](Cc1ccc(NS(=O)[O-])cc1)c1nc(-c2ccsc2)cs1. The van der Waals surface area contributed by atoms with Gasteiger partial charge in [-0.1, -0.05) is 12.1 Å². The molecule has 10 heteroatoms. The van der Waals surface area contributed by atoms with Crippen LogP contribution in [-0.2, 0) is 22.4 Å². The third-order valence-corrected chi connectivity index (χ3v) is 5.97. The van der Waals surface area contributed by atoms with Crippen molar-refractivity contribution >= 4 is 45.7 Å². The van der Waals surface area contributed by atoms with Gasteiger partial charge in [0.2, 0.25) is 0 Å². The molecule has 0 radical (unpaired) electrons. The van der Waals surface area contributed by atoms with Gasteiger partial charge in [0.05, 0.1) is 11.7 Å². The first-order chi connectivity index (χ1) is 14.2. The van der Waals surface area contributed by atoms with Crippen molar-refractivity contribution in [1.29, 1.82) is 0 Å². The van der Waals surface area contributed by atoms with Gasteiger partial charge in [-0.3, -0.25) is 4.21 Å². The molecule has 0 spiro atoms. The number of carbonyl (C=O) groups is 1. The van der Waals surface area contributed by atoms with Gasteiger partial charge in [-0.25, -0.2) is 9.78 Å². The summed E-state index contributed by atoms with van der Waals surface area (Å²) in [4.78, 5) is 17.1. The Kier molecular flexibility index (Phi) is 7.24. The number of thiophene rings is 1. The number of ether oxygens (including phenoxy) is 1. The van der Waals surface area contributed by atoms with Crippen LogP contribution in [0.1, 0.15) is 37.4 Å². The van der Waals surface area contributed by atoms with Gasteiger partial charge < -0.3 is 19.3 Å². The van der Waals surface area contributed by atoms with Crippen molar-refractivity contribution in [2.75, 3.05) is 4.72 Å². The number of anilines is 1. The quantitative estimate of drug-likeness (QED) is 0.485. The number of amides is 1. The van der Waals surface area contributed by atoms with Crippen LogP contribution >= 0.6 is 22.7 Å². The molecule has 0 saturated heterocycles. The van der Waals surface area contributed by atoms with E-state index in [1.165, 1.54) is 11.3 Å². The van der Waals surface area contributed by atoms with Gasteiger partial charge in [-0.15, -0.1) is 11.3 Å². The molecule has 2 heterocycles. The number of benzene rings is 1. The maximum Gasteiger partial charge on any atom is 0.408 e. The highest BCUT2D eigenvalue weighted by atomic mass is 32.2. The first kappa shape index (κ1) is 22.4. The molecule has 0 aliphatic heterocycles. The van der Waals surface area contributed by atoms with Crippen molar-refractivity contribution in [3.05, 3.63) is 57.0 Å². The van der Waals surface area contributed by atoms with Crippen molar-refractivity contribution in [2.45, 2.75) is 38.8 Å². The molecule has 0 aliphatic rings. The topological polar surface area (TPSA) is 103 Å². The second kappa shape index (κ2) is 9.69. The standard InChI is InChI=1S/C20H23N3O4S3/c1-20(2,3)27-19(24)22-16(10-13-4-6-15(7-5-13)23-30(25)26)18-21-17(12-29-18)14-8-9-28-11-14/h4-9,11-12,16,23H,10H2,1-3H3,(H,22,24)(H,25,26)/p-1/t16-/m0/s1. The van der Waals surface area contributed by atoms with Gasteiger partial charge in [0.25, 0.3) is 0 Å². The first-order valence-electron chi connectivity index (χ1n) is 9.12. The van der Waals surface area contributed by atoms with Crippen molar-refractivity contribution in [2.24, 2.45) is 0 Å². The largest absolute Gasteiger partial charge is 0.755 e. The van der Waals surface area contributed by atoms with Crippen LogP contribution in [0.5, 0.6) is 0 Å². The van der Waals surface area contributed by atoms with Gasteiger partial charge in [0, 0.05) is 33.3 Å². The van der Waals surface area contributed by atoms with E-state index in [4.69, 9.17) is 9.72 Å². The molecule has 3 aromatic rings. The van der Waals surface area contributed by atoms with Crippen LogP contribution < -0.4 is 10.0 Å². The zero-order valence-corrected chi connectivity index (χ0v) is 19.2. The summed E-state index contributed by atoms with van der Waals surface area (Å²) in [5, 5.41) is 9.68. The Labute approximate surface area is 185 Å².